The highest BCUT2D eigenvalue weighted by molar-refractivity contribution is 5.91. The lowest BCUT2D eigenvalue weighted by Gasteiger charge is -2.26. The summed E-state index contributed by atoms with van der Waals surface area (Å²) in [5.41, 5.74) is 5.06. The van der Waals surface area contributed by atoms with Crippen molar-refractivity contribution in [3.8, 4) is 11.5 Å². The van der Waals surface area contributed by atoms with Gasteiger partial charge in [0.25, 0.3) is 0 Å². The van der Waals surface area contributed by atoms with Crippen LogP contribution >= 0.6 is 0 Å². The topological polar surface area (TPSA) is 51.7 Å². The van der Waals surface area contributed by atoms with Gasteiger partial charge in [-0.05, 0) is 83.9 Å². The highest BCUT2D eigenvalue weighted by atomic mass is 19.1. The number of anilines is 1. The van der Waals surface area contributed by atoms with Gasteiger partial charge in [0.15, 0.2) is 0 Å². The summed E-state index contributed by atoms with van der Waals surface area (Å²) >= 11 is 0. The fraction of sp³-hybridized carbons (Fsp3) is 0.0811. The first kappa shape index (κ1) is 27.7. The van der Waals surface area contributed by atoms with Crippen molar-refractivity contribution >= 4 is 22.6 Å². The SMILES string of the molecule is O=C(Oc1ccccc1)c1ccc(CN(Cc2cccc(F)c2)c2ccc(OCc3ccc4ccccc4n3)cc2)cc1. The summed E-state index contributed by atoms with van der Waals surface area (Å²) in [5, 5.41) is 1.09. The Morgan fingerprint density at radius 2 is 1.42 bits per heavy atom. The standard InChI is InChI=1S/C37H29FN2O3/c38-31-9-6-7-28(23-31)25-40(24-27-13-15-30(16-14-27)37(41)43-35-10-2-1-3-11-35)33-19-21-34(22-20-33)42-26-32-18-17-29-8-4-5-12-36(29)39-32/h1-23H,24-26H2. The molecule has 0 aliphatic rings. The number of hydrogen-bond donors (Lipinski definition) is 0. The summed E-state index contributed by atoms with van der Waals surface area (Å²) < 4.78 is 25.5. The zero-order chi connectivity index (χ0) is 29.4. The molecule has 0 bridgehead atoms. The minimum atomic E-state index is -0.413. The number of hydrogen-bond acceptors (Lipinski definition) is 5. The Balaban J connectivity index is 1.16. The van der Waals surface area contributed by atoms with E-state index in [4.69, 9.17) is 9.47 Å². The monoisotopic (exact) mass is 568 g/mol. The Hall–Kier alpha value is -5.49. The predicted molar refractivity (Wildman–Crippen MR) is 167 cm³/mol. The highest BCUT2D eigenvalue weighted by Crippen LogP contribution is 2.25. The van der Waals surface area contributed by atoms with Gasteiger partial charge >= 0.3 is 5.97 Å². The average Bonchev–Trinajstić information content (AvgIpc) is 3.04. The molecular weight excluding hydrogens is 539 g/mol. The summed E-state index contributed by atoms with van der Waals surface area (Å²) in [7, 11) is 0. The lowest BCUT2D eigenvalue weighted by molar-refractivity contribution is 0.0734. The second-order valence-corrected chi connectivity index (χ2v) is 10.2. The third kappa shape index (κ3) is 7.24. The first-order valence-electron chi connectivity index (χ1n) is 14.0. The van der Waals surface area contributed by atoms with Gasteiger partial charge in [0.2, 0.25) is 0 Å². The molecular formula is C37H29FN2O3. The number of pyridine rings is 1. The minimum Gasteiger partial charge on any atom is -0.487 e. The van der Waals surface area contributed by atoms with Crippen LogP contribution in [0, 0.1) is 5.82 Å². The molecule has 0 unspecified atom stereocenters. The summed E-state index contributed by atoms with van der Waals surface area (Å²) in [5.74, 6) is 0.540. The lowest BCUT2D eigenvalue weighted by Crippen LogP contribution is -2.22. The van der Waals surface area contributed by atoms with Crippen LogP contribution in [-0.4, -0.2) is 11.0 Å². The molecule has 5 aromatic carbocycles. The molecule has 0 spiro atoms. The minimum absolute atomic E-state index is 0.273. The molecule has 5 nitrogen and oxygen atoms in total. The van der Waals surface area contributed by atoms with E-state index in [0.717, 1.165) is 39.2 Å². The van der Waals surface area contributed by atoms with Crippen LogP contribution < -0.4 is 14.4 Å². The van der Waals surface area contributed by atoms with Crippen LogP contribution in [0.5, 0.6) is 11.5 Å². The average molecular weight is 569 g/mol. The van der Waals surface area contributed by atoms with Crippen LogP contribution in [0.2, 0.25) is 0 Å². The van der Waals surface area contributed by atoms with E-state index in [0.29, 0.717) is 31.0 Å². The van der Waals surface area contributed by atoms with Crippen molar-refractivity contribution in [2.24, 2.45) is 0 Å². The molecule has 6 aromatic rings. The maximum Gasteiger partial charge on any atom is 0.343 e. The van der Waals surface area contributed by atoms with Gasteiger partial charge in [0.05, 0.1) is 16.8 Å². The summed E-state index contributed by atoms with van der Waals surface area (Å²) in [6.45, 7) is 1.40. The lowest BCUT2D eigenvalue weighted by atomic mass is 10.1. The van der Waals surface area contributed by atoms with E-state index in [1.165, 1.54) is 6.07 Å². The number of esters is 1. The molecule has 0 aliphatic heterocycles. The van der Waals surface area contributed by atoms with E-state index in [1.54, 1.807) is 36.4 Å². The van der Waals surface area contributed by atoms with Gasteiger partial charge in [0, 0.05) is 24.2 Å². The molecule has 43 heavy (non-hydrogen) atoms. The van der Waals surface area contributed by atoms with Gasteiger partial charge in [-0.1, -0.05) is 66.7 Å². The quantitative estimate of drug-likeness (QED) is 0.123. The maximum absolute atomic E-state index is 14.0. The van der Waals surface area contributed by atoms with Crippen LogP contribution in [0.3, 0.4) is 0 Å². The van der Waals surface area contributed by atoms with Crippen molar-refractivity contribution in [1.29, 1.82) is 0 Å². The third-order valence-corrected chi connectivity index (χ3v) is 7.02. The fourth-order valence-electron chi connectivity index (χ4n) is 4.81. The van der Waals surface area contributed by atoms with Gasteiger partial charge in [0.1, 0.15) is 23.9 Å². The molecule has 0 radical (unpaired) electrons. The van der Waals surface area contributed by atoms with Crippen LogP contribution in [0.25, 0.3) is 10.9 Å². The molecule has 1 aromatic heterocycles. The zero-order valence-electron chi connectivity index (χ0n) is 23.4. The van der Waals surface area contributed by atoms with Crippen LogP contribution in [0.4, 0.5) is 10.1 Å². The third-order valence-electron chi connectivity index (χ3n) is 7.02. The molecule has 0 N–H and O–H groups in total. The highest BCUT2D eigenvalue weighted by Gasteiger charge is 2.13. The Morgan fingerprint density at radius 3 is 2.21 bits per heavy atom. The van der Waals surface area contributed by atoms with E-state index >= 15 is 0 Å². The van der Waals surface area contributed by atoms with Gasteiger partial charge < -0.3 is 14.4 Å². The maximum atomic E-state index is 14.0. The van der Waals surface area contributed by atoms with Gasteiger partial charge in [-0.3, -0.25) is 0 Å². The van der Waals surface area contributed by atoms with Crippen LogP contribution in [-0.2, 0) is 19.7 Å². The zero-order valence-corrected chi connectivity index (χ0v) is 23.4. The van der Waals surface area contributed by atoms with Crippen LogP contribution in [0.1, 0.15) is 27.2 Å². The first-order valence-corrected chi connectivity index (χ1v) is 14.0. The number of para-hydroxylation sites is 2. The second kappa shape index (κ2) is 13.0. The summed E-state index contributed by atoms with van der Waals surface area (Å²) in [6, 6.07) is 42.8. The van der Waals surface area contributed by atoms with Crippen molar-refractivity contribution in [3.63, 3.8) is 0 Å². The van der Waals surface area contributed by atoms with Gasteiger partial charge in [-0.25, -0.2) is 14.2 Å². The molecule has 212 valence electrons. The number of benzene rings is 5. The Bertz CT molecular complexity index is 1820. The predicted octanol–water partition coefficient (Wildman–Crippen LogP) is 8.38. The molecule has 0 aliphatic carbocycles. The van der Waals surface area contributed by atoms with E-state index in [9.17, 15) is 9.18 Å². The summed E-state index contributed by atoms with van der Waals surface area (Å²) in [4.78, 5) is 19.4. The number of carbonyl (C=O) groups excluding carboxylic acids is 1. The van der Waals surface area contributed by atoms with Crippen molar-refractivity contribution in [2.75, 3.05) is 4.90 Å². The largest absolute Gasteiger partial charge is 0.487 e. The van der Waals surface area contributed by atoms with E-state index in [2.05, 4.69) is 9.88 Å². The van der Waals surface area contributed by atoms with Gasteiger partial charge in [-0.2, -0.15) is 0 Å². The molecule has 0 amide bonds. The summed E-state index contributed by atoms with van der Waals surface area (Å²) in [6.07, 6.45) is 0. The fourth-order valence-corrected chi connectivity index (χ4v) is 4.81. The number of ether oxygens (including phenoxy) is 2. The molecule has 1 heterocycles. The number of carbonyl (C=O) groups is 1. The Kier molecular flexibility index (Phi) is 8.36. The van der Waals surface area contributed by atoms with Crippen molar-refractivity contribution in [1.82, 2.24) is 4.98 Å². The number of nitrogens with zero attached hydrogens (tertiary/aromatic N) is 2. The molecule has 0 fully saturated rings. The van der Waals surface area contributed by atoms with E-state index in [1.807, 2.05) is 97.1 Å². The Morgan fingerprint density at radius 1 is 0.674 bits per heavy atom. The first-order chi connectivity index (χ1) is 21.1. The molecule has 0 saturated carbocycles. The molecule has 0 saturated heterocycles. The van der Waals surface area contributed by atoms with Crippen molar-refractivity contribution in [2.45, 2.75) is 19.7 Å². The Labute approximate surface area is 249 Å². The van der Waals surface area contributed by atoms with Gasteiger partial charge in [-0.15, -0.1) is 0 Å². The van der Waals surface area contributed by atoms with Crippen LogP contribution in [0.15, 0.2) is 140 Å². The normalized spacial score (nSPS) is 10.8. The molecule has 6 heteroatoms. The number of aromatic nitrogens is 1. The second-order valence-electron chi connectivity index (χ2n) is 10.2. The molecule has 6 rings (SSSR count). The number of rotatable bonds is 10. The number of halogens is 1. The smallest absolute Gasteiger partial charge is 0.343 e. The van der Waals surface area contributed by atoms with E-state index < -0.39 is 5.97 Å². The van der Waals surface area contributed by atoms with Crippen molar-refractivity contribution in [3.05, 3.63) is 168 Å². The van der Waals surface area contributed by atoms with Crippen molar-refractivity contribution < 1.29 is 18.7 Å². The molecule has 0 atom stereocenters. The number of fused-ring (bicyclic) bond motifs is 1. The van der Waals surface area contributed by atoms with E-state index in [-0.39, 0.29) is 5.82 Å².